The van der Waals surface area contributed by atoms with Crippen molar-refractivity contribution in [1.29, 1.82) is 0 Å². The van der Waals surface area contributed by atoms with E-state index in [9.17, 15) is 18.0 Å². The molecule has 1 rings (SSSR count). The smallest absolute Gasteiger partial charge is 0.396 e. The summed E-state index contributed by atoms with van der Waals surface area (Å²) in [7, 11) is 1.18. The summed E-state index contributed by atoms with van der Waals surface area (Å²) in [6.07, 6.45) is -2.97. The van der Waals surface area contributed by atoms with Crippen LogP contribution in [0.3, 0.4) is 0 Å². The first-order valence-electron chi connectivity index (χ1n) is 4.51. The molecule has 0 aliphatic rings. The molecule has 0 spiro atoms. The first-order chi connectivity index (χ1) is 7.35. The van der Waals surface area contributed by atoms with Gasteiger partial charge in [0, 0.05) is 12.4 Å². The number of hydrogen-bond acceptors (Lipinski definition) is 3. The van der Waals surface area contributed by atoms with Crippen LogP contribution in [0.2, 0.25) is 0 Å². The van der Waals surface area contributed by atoms with Gasteiger partial charge in [-0.3, -0.25) is 0 Å². The number of methoxy groups -OCH3 is 1. The number of esters is 1. The number of carbonyl (C=O) groups excluding carboxylic acids is 1. The number of rotatable bonds is 3. The summed E-state index contributed by atoms with van der Waals surface area (Å²) >= 11 is 0. The minimum Gasteiger partial charge on any atom is -0.467 e. The first-order valence-corrected chi connectivity index (χ1v) is 4.51. The molecule has 0 saturated heterocycles. The lowest BCUT2D eigenvalue weighted by molar-refractivity contribution is -0.145. The molecule has 0 N–H and O–H groups in total. The average Bonchev–Trinajstić information content (AvgIpc) is 2.60. The van der Waals surface area contributed by atoms with Crippen LogP contribution < -0.4 is 0 Å². The molecule has 0 aliphatic heterocycles. The lowest BCUT2D eigenvalue weighted by atomic mass is 10.3. The Morgan fingerprint density at radius 2 is 2.25 bits per heavy atom. The van der Waals surface area contributed by atoms with Crippen LogP contribution >= 0.6 is 0 Å². The fraction of sp³-hybridized carbons (Fsp3) is 0.556. The number of halogens is 3. The molecular weight excluding hydrogens is 225 g/mol. The zero-order chi connectivity index (χ0) is 12.3. The second-order valence-corrected chi connectivity index (χ2v) is 3.24. The van der Waals surface area contributed by atoms with Crippen LogP contribution in [0.25, 0.3) is 0 Å². The van der Waals surface area contributed by atoms with Gasteiger partial charge in [0.2, 0.25) is 0 Å². The highest BCUT2D eigenvalue weighted by Crippen LogP contribution is 2.22. The van der Waals surface area contributed by atoms with E-state index in [4.69, 9.17) is 0 Å². The standard InChI is InChI=1S/C9H11F3N2O2/c1-6(8(15)16-2)14-4-3-13-7(14)5-9(10,11)12/h3-4,6H,5H2,1-2H3. The monoisotopic (exact) mass is 236 g/mol. The fourth-order valence-corrected chi connectivity index (χ4v) is 1.30. The fourth-order valence-electron chi connectivity index (χ4n) is 1.30. The van der Waals surface area contributed by atoms with Crippen molar-refractivity contribution in [2.45, 2.75) is 25.6 Å². The number of imidazole rings is 1. The molecule has 0 fully saturated rings. The van der Waals surface area contributed by atoms with Crippen molar-refractivity contribution in [3.63, 3.8) is 0 Å². The van der Waals surface area contributed by atoms with Gasteiger partial charge in [-0.25, -0.2) is 9.78 Å². The lowest BCUT2D eigenvalue weighted by Crippen LogP contribution is -2.22. The van der Waals surface area contributed by atoms with Crippen LogP contribution in [-0.2, 0) is 16.0 Å². The van der Waals surface area contributed by atoms with Gasteiger partial charge in [0.05, 0.1) is 7.11 Å². The Bertz CT molecular complexity index is 373. The highest BCUT2D eigenvalue weighted by atomic mass is 19.4. The van der Waals surface area contributed by atoms with Crippen molar-refractivity contribution >= 4 is 5.97 Å². The predicted octanol–water partition coefficient (Wildman–Crippen LogP) is 1.72. The van der Waals surface area contributed by atoms with E-state index < -0.39 is 24.6 Å². The van der Waals surface area contributed by atoms with E-state index in [0.29, 0.717) is 0 Å². The largest absolute Gasteiger partial charge is 0.467 e. The van der Waals surface area contributed by atoms with Gasteiger partial charge in [0.15, 0.2) is 0 Å². The molecule has 0 bridgehead atoms. The molecule has 16 heavy (non-hydrogen) atoms. The van der Waals surface area contributed by atoms with Gasteiger partial charge in [-0.15, -0.1) is 0 Å². The maximum absolute atomic E-state index is 12.2. The number of ether oxygens (including phenoxy) is 1. The molecule has 4 nitrogen and oxygen atoms in total. The summed E-state index contributed by atoms with van der Waals surface area (Å²) in [5.74, 6) is -0.813. The number of aromatic nitrogens is 2. The summed E-state index contributed by atoms with van der Waals surface area (Å²) in [4.78, 5) is 14.8. The second-order valence-electron chi connectivity index (χ2n) is 3.24. The van der Waals surface area contributed by atoms with E-state index in [1.165, 1.54) is 26.4 Å². The van der Waals surface area contributed by atoms with E-state index in [-0.39, 0.29) is 5.82 Å². The maximum atomic E-state index is 12.2. The Morgan fingerprint density at radius 1 is 1.62 bits per heavy atom. The minimum atomic E-state index is -4.35. The molecule has 0 saturated carbocycles. The number of carbonyl (C=O) groups is 1. The molecule has 0 amide bonds. The molecule has 7 heteroatoms. The van der Waals surface area contributed by atoms with Crippen LogP contribution in [0.5, 0.6) is 0 Å². The Hall–Kier alpha value is -1.53. The molecule has 1 aromatic rings. The van der Waals surface area contributed by atoms with E-state index >= 15 is 0 Å². The summed E-state index contributed by atoms with van der Waals surface area (Å²) in [6, 6.07) is -0.815. The van der Waals surface area contributed by atoms with Crippen molar-refractivity contribution in [2.24, 2.45) is 0 Å². The second kappa shape index (κ2) is 4.54. The van der Waals surface area contributed by atoms with Gasteiger partial charge in [-0.05, 0) is 6.92 Å². The Labute approximate surface area is 90.0 Å². The summed E-state index contributed by atoms with van der Waals surface area (Å²) in [5, 5.41) is 0. The van der Waals surface area contributed by atoms with Crippen LogP contribution in [0.1, 0.15) is 18.8 Å². The van der Waals surface area contributed by atoms with Crippen molar-refractivity contribution in [2.75, 3.05) is 7.11 Å². The summed E-state index contributed by atoms with van der Waals surface area (Å²) in [6.45, 7) is 1.45. The third-order valence-corrected chi connectivity index (χ3v) is 2.07. The van der Waals surface area contributed by atoms with Crippen molar-refractivity contribution < 1.29 is 22.7 Å². The maximum Gasteiger partial charge on any atom is 0.396 e. The third kappa shape index (κ3) is 2.98. The molecule has 1 heterocycles. The Kier molecular flexibility index (Phi) is 3.56. The molecule has 0 aromatic carbocycles. The van der Waals surface area contributed by atoms with E-state index in [1.54, 1.807) is 0 Å². The van der Waals surface area contributed by atoms with Gasteiger partial charge in [0.1, 0.15) is 18.3 Å². The molecule has 90 valence electrons. The van der Waals surface area contributed by atoms with Crippen molar-refractivity contribution in [3.8, 4) is 0 Å². The van der Waals surface area contributed by atoms with Crippen LogP contribution in [0.4, 0.5) is 13.2 Å². The predicted molar refractivity (Wildman–Crippen MR) is 48.7 cm³/mol. The van der Waals surface area contributed by atoms with Gasteiger partial charge < -0.3 is 9.30 Å². The first kappa shape index (κ1) is 12.5. The Balaban J connectivity index is 2.90. The molecule has 1 unspecified atom stereocenters. The Morgan fingerprint density at radius 3 is 2.75 bits per heavy atom. The van der Waals surface area contributed by atoms with Gasteiger partial charge in [0.25, 0.3) is 0 Å². The highest BCUT2D eigenvalue weighted by molar-refractivity contribution is 5.73. The number of nitrogens with zero attached hydrogens (tertiary/aromatic N) is 2. The van der Waals surface area contributed by atoms with Crippen LogP contribution in [0, 0.1) is 0 Å². The number of hydrogen-bond donors (Lipinski definition) is 0. The van der Waals surface area contributed by atoms with Gasteiger partial charge in [-0.2, -0.15) is 13.2 Å². The normalized spacial score (nSPS) is 13.6. The van der Waals surface area contributed by atoms with E-state index in [2.05, 4.69) is 9.72 Å². The lowest BCUT2D eigenvalue weighted by Gasteiger charge is -2.14. The average molecular weight is 236 g/mol. The quantitative estimate of drug-likeness (QED) is 0.750. The third-order valence-electron chi connectivity index (χ3n) is 2.07. The van der Waals surface area contributed by atoms with Crippen LogP contribution in [-0.4, -0.2) is 28.8 Å². The zero-order valence-electron chi connectivity index (χ0n) is 8.78. The number of alkyl halides is 3. The molecule has 0 radical (unpaired) electrons. The molecule has 0 aliphatic carbocycles. The molecular formula is C9H11F3N2O2. The molecule has 1 aromatic heterocycles. The van der Waals surface area contributed by atoms with Gasteiger partial charge >= 0.3 is 12.1 Å². The highest BCUT2D eigenvalue weighted by Gasteiger charge is 2.31. The minimum absolute atomic E-state index is 0.203. The van der Waals surface area contributed by atoms with Crippen molar-refractivity contribution in [3.05, 3.63) is 18.2 Å². The summed E-state index contributed by atoms with van der Waals surface area (Å²) in [5.41, 5.74) is 0. The SMILES string of the molecule is COC(=O)C(C)n1ccnc1CC(F)(F)F. The summed E-state index contributed by atoms with van der Waals surface area (Å²) < 4.78 is 42.1. The van der Waals surface area contributed by atoms with Gasteiger partial charge in [-0.1, -0.05) is 0 Å². The van der Waals surface area contributed by atoms with Crippen molar-refractivity contribution in [1.82, 2.24) is 9.55 Å². The topological polar surface area (TPSA) is 44.1 Å². The van der Waals surface area contributed by atoms with E-state index in [1.807, 2.05) is 0 Å². The van der Waals surface area contributed by atoms with E-state index in [0.717, 1.165) is 4.57 Å². The molecule has 1 atom stereocenters. The zero-order valence-corrected chi connectivity index (χ0v) is 8.78. The van der Waals surface area contributed by atoms with Crippen LogP contribution in [0.15, 0.2) is 12.4 Å².